The normalized spacial score (nSPS) is 26.1. The second-order valence-corrected chi connectivity index (χ2v) is 3.96. The van der Waals surface area contributed by atoms with Gasteiger partial charge in [-0.15, -0.1) is 0 Å². The van der Waals surface area contributed by atoms with E-state index in [1.54, 1.807) is 7.05 Å². The van der Waals surface area contributed by atoms with Crippen molar-refractivity contribution < 1.29 is 19.0 Å². The number of carbonyl (C=O) groups is 1. The van der Waals surface area contributed by atoms with Crippen molar-refractivity contribution in [3.63, 3.8) is 0 Å². The third-order valence-electron chi connectivity index (χ3n) is 2.17. The standard InChI is InChI=1S/C8H14O3.C2H5NO.2C2H6/c1-8(2)10-6-4-3-5-9-7(6)11-8;1-3-2-4;2*1-2/h6-7H,3-5H2,1-2H3;2H,1H3,(H,3,4);2*1-2H3. The van der Waals surface area contributed by atoms with E-state index in [4.69, 9.17) is 19.0 Å². The maximum Gasteiger partial charge on any atom is 0.206 e. The summed E-state index contributed by atoms with van der Waals surface area (Å²) in [6.07, 6.45) is 2.83. The van der Waals surface area contributed by atoms with Gasteiger partial charge in [0.25, 0.3) is 0 Å². The van der Waals surface area contributed by atoms with E-state index in [1.165, 1.54) is 0 Å². The van der Waals surface area contributed by atoms with Gasteiger partial charge >= 0.3 is 0 Å². The van der Waals surface area contributed by atoms with E-state index in [0.717, 1.165) is 19.4 Å². The van der Waals surface area contributed by atoms with Crippen LogP contribution in [0.3, 0.4) is 0 Å². The molecule has 0 spiro atoms. The quantitative estimate of drug-likeness (QED) is 0.749. The Morgan fingerprint density at radius 3 is 2.11 bits per heavy atom. The molecule has 0 aromatic heterocycles. The van der Waals surface area contributed by atoms with Crippen LogP contribution < -0.4 is 5.32 Å². The van der Waals surface area contributed by atoms with E-state index < -0.39 is 5.79 Å². The van der Waals surface area contributed by atoms with Crippen LogP contribution in [0, 0.1) is 0 Å². The molecular weight excluding hydrogens is 246 g/mol. The second kappa shape index (κ2) is 12.4. The molecule has 0 saturated carbocycles. The lowest BCUT2D eigenvalue weighted by atomic mass is 10.1. The fraction of sp³-hybridized carbons (Fsp3) is 0.929. The molecule has 2 saturated heterocycles. The molecule has 0 radical (unpaired) electrons. The van der Waals surface area contributed by atoms with Crippen LogP contribution in [0.1, 0.15) is 54.4 Å². The average molecular weight is 277 g/mol. The van der Waals surface area contributed by atoms with Crippen molar-refractivity contribution >= 4 is 6.41 Å². The van der Waals surface area contributed by atoms with Gasteiger partial charge in [-0.25, -0.2) is 0 Å². The van der Waals surface area contributed by atoms with Crippen molar-refractivity contribution in [2.75, 3.05) is 13.7 Å². The number of nitrogens with one attached hydrogen (secondary N) is 1. The molecule has 2 aliphatic heterocycles. The number of rotatable bonds is 1. The Balaban J connectivity index is 0. The first-order chi connectivity index (χ1) is 9.09. The largest absolute Gasteiger partial charge is 0.362 e. The van der Waals surface area contributed by atoms with Crippen LogP contribution in [0.15, 0.2) is 0 Å². The highest BCUT2D eigenvalue weighted by molar-refractivity contribution is 5.44. The summed E-state index contributed by atoms with van der Waals surface area (Å²) in [5.41, 5.74) is 0. The van der Waals surface area contributed by atoms with Gasteiger partial charge in [0.1, 0.15) is 6.10 Å². The number of amides is 1. The van der Waals surface area contributed by atoms with Crippen LogP contribution in [0.2, 0.25) is 0 Å². The van der Waals surface area contributed by atoms with Gasteiger partial charge in [-0.2, -0.15) is 0 Å². The summed E-state index contributed by atoms with van der Waals surface area (Å²) in [5.74, 6) is -0.445. The first-order valence-electron chi connectivity index (χ1n) is 7.17. The minimum Gasteiger partial charge on any atom is -0.362 e. The molecule has 116 valence electrons. The van der Waals surface area contributed by atoms with E-state index in [-0.39, 0.29) is 12.4 Å². The summed E-state index contributed by atoms with van der Waals surface area (Å²) < 4.78 is 16.5. The molecule has 0 aromatic rings. The minimum absolute atomic E-state index is 0.112. The van der Waals surface area contributed by atoms with Gasteiger partial charge < -0.3 is 19.5 Å². The summed E-state index contributed by atoms with van der Waals surface area (Å²) in [6, 6.07) is 0. The lowest BCUT2D eigenvalue weighted by Gasteiger charge is -2.21. The Bertz CT molecular complexity index is 194. The van der Waals surface area contributed by atoms with Gasteiger partial charge in [-0.3, -0.25) is 4.79 Å². The maximum absolute atomic E-state index is 9.06. The SMILES string of the molecule is CC.CC.CC1(C)OC2CCCOC2O1.CNC=O. The number of hydrogen-bond donors (Lipinski definition) is 1. The molecule has 0 aliphatic carbocycles. The summed E-state index contributed by atoms with van der Waals surface area (Å²) >= 11 is 0. The predicted octanol–water partition coefficient (Wildman–Crippen LogP) is 2.69. The van der Waals surface area contributed by atoms with Crippen LogP contribution in [-0.4, -0.2) is 38.2 Å². The maximum atomic E-state index is 9.06. The zero-order valence-electron chi connectivity index (χ0n) is 13.5. The third-order valence-corrected chi connectivity index (χ3v) is 2.17. The van der Waals surface area contributed by atoms with Crippen molar-refractivity contribution in [1.29, 1.82) is 0 Å². The Labute approximate surface area is 118 Å². The van der Waals surface area contributed by atoms with Gasteiger partial charge in [-0.1, -0.05) is 27.7 Å². The molecule has 0 aromatic carbocycles. The molecule has 2 unspecified atom stereocenters. The van der Waals surface area contributed by atoms with Crippen LogP contribution in [0.25, 0.3) is 0 Å². The third kappa shape index (κ3) is 8.97. The second-order valence-electron chi connectivity index (χ2n) is 3.96. The van der Waals surface area contributed by atoms with Gasteiger partial charge in [0.05, 0.1) is 0 Å². The van der Waals surface area contributed by atoms with Gasteiger partial charge in [0.15, 0.2) is 12.1 Å². The molecule has 2 heterocycles. The Morgan fingerprint density at radius 1 is 1.16 bits per heavy atom. The summed E-state index contributed by atoms with van der Waals surface area (Å²) in [6.45, 7) is 12.7. The smallest absolute Gasteiger partial charge is 0.206 e. The number of ether oxygens (including phenoxy) is 3. The van der Waals surface area contributed by atoms with Crippen molar-refractivity contribution in [2.24, 2.45) is 0 Å². The van der Waals surface area contributed by atoms with Crippen LogP contribution in [0.4, 0.5) is 0 Å². The van der Waals surface area contributed by atoms with E-state index in [1.807, 2.05) is 41.5 Å². The van der Waals surface area contributed by atoms with Gasteiger partial charge in [-0.05, 0) is 26.7 Å². The number of carbonyl (C=O) groups excluding carboxylic acids is 1. The average Bonchev–Trinajstić information content (AvgIpc) is 2.77. The molecule has 2 rings (SSSR count). The lowest BCUT2D eigenvalue weighted by molar-refractivity contribution is -0.191. The van der Waals surface area contributed by atoms with E-state index in [9.17, 15) is 0 Å². The highest BCUT2D eigenvalue weighted by Gasteiger charge is 2.43. The molecule has 2 aliphatic rings. The molecular formula is C14H31NO4. The molecule has 0 bridgehead atoms. The number of fused-ring (bicyclic) bond motifs is 1. The van der Waals surface area contributed by atoms with Gasteiger partial charge in [0.2, 0.25) is 6.41 Å². The highest BCUT2D eigenvalue weighted by atomic mass is 16.8. The lowest BCUT2D eigenvalue weighted by Crippen LogP contribution is -2.30. The monoisotopic (exact) mass is 277 g/mol. The number of hydrogen-bond acceptors (Lipinski definition) is 4. The molecule has 2 atom stereocenters. The van der Waals surface area contributed by atoms with Crippen molar-refractivity contribution in [2.45, 2.75) is 72.6 Å². The zero-order chi connectivity index (χ0) is 15.3. The molecule has 2 fully saturated rings. The molecule has 1 amide bonds. The predicted molar refractivity (Wildman–Crippen MR) is 76.8 cm³/mol. The van der Waals surface area contributed by atoms with E-state index in [0.29, 0.717) is 6.41 Å². The summed E-state index contributed by atoms with van der Waals surface area (Å²) in [5, 5.41) is 2.25. The topological polar surface area (TPSA) is 56.8 Å². The van der Waals surface area contributed by atoms with E-state index in [2.05, 4.69) is 5.32 Å². The first kappa shape index (κ1) is 20.7. The highest BCUT2D eigenvalue weighted by Crippen LogP contribution is 2.33. The Morgan fingerprint density at radius 2 is 1.68 bits per heavy atom. The van der Waals surface area contributed by atoms with Crippen molar-refractivity contribution in [3.8, 4) is 0 Å². The fourth-order valence-electron chi connectivity index (χ4n) is 1.62. The Hall–Kier alpha value is -0.650. The zero-order valence-corrected chi connectivity index (χ0v) is 13.5. The van der Waals surface area contributed by atoms with Crippen LogP contribution in [-0.2, 0) is 19.0 Å². The van der Waals surface area contributed by atoms with Crippen molar-refractivity contribution in [1.82, 2.24) is 5.32 Å². The fourth-order valence-corrected chi connectivity index (χ4v) is 1.62. The van der Waals surface area contributed by atoms with Crippen LogP contribution in [0.5, 0.6) is 0 Å². The van der Waals surface area contributed by atoms with E-state index >= 15 is 0 Å². The summed E-state index contributed by atoms with van der Waals surface area (Å²) in [4.78, 5) is 9.06. The Kier molecular flexibility index (Phi) is 13.5. The van der Waals surface area contributed by atoms with Crippen molar-refractivity contribution in [3.05, 3.63) is 0 Å². The molecule has 19 heavy (non-hydrogen) atoms. The minimum atomic E-state index is -0.445. The van der Waals surface area contributed by atoms with Crippen LogP contribution >= 0.6 is 0 Å². The molecule has 1 N–H and O–H groups in total. The summed E-state index contributed by atoms with van der Waals surface area (Å²) in [7, 11) is 1.56. The first-order valence-corrected chi connectivity index (χ1v) is 7.17. The molecule has 5 nitrogen and oxygen atoms in total. The molecule has 5 heteroatoms. The van der Waals surface area contributed by atoms with Gasteiger partial charge in [0, 0.05) is 13.7 Å².